The first-order valence-corrected chi connectivity index (χ1v) is 21.2. The van der Waals surface area contributed by atoms with Crippen molar-refractivity contribution in [2.24, 2.45) is 0 Å². The van der Waals surface area contributed by atoms with Gasteiger partial charge in [-0.1, -0.05) is 40.5 Å². The molecule has 298 valence electrons. The van der Waals surface area contributed by atoms with E-state index in [1.165, 1.54) is 26.6 Å². The van der Waals surface area contributed by atoms with Crippen LogP contribution in [0.25, 0.3) is 0 Å². The molecule has 0 saturated carbocycles. The van der Waals surface area contributed by atoms with Crippen LogP contribution in [0.2, 0.25) is 0 Å². The van der Waals surface area contributed by atoms with Crippen molar-refractivity contribution in [3.63, 3.8) is 0 Å². The summed E-state index contributed by atoms with van der Waals surface area (Å²) in [6.45, 7) is 0. The highest BCUT2D eigenvalue weighted by molar-refractivity contribution is 8.77. The van der Waals surface area contributed by atoms with Crippen molar-refractivity contribution in [3.8, 4) is 0 Å². The molecular weight excluding hydrogens is 809 g/mol. The molecule has 4 aliphatic rings. The van der Waals surface area contributed by atoms with Crippen LogP contribution in [-0.4, -0.2) is 126 Å². The van der Waals surface area contributed by atoms with E-state index in [9.17, 15) is 60.0 Å². The normalized spacial score (nSPS) is 21.6. The van der Waals surface area contributed by atoms with Crippen LogP contribution in [0.5, 0.6) is 0 Å². The van der Waals surface area contributed by atoms with Gasteiger partial charge in [0.25, 0.3) is 43.9 Å². The van der Waals surface area contributed by atoms with Crippen LogP contribution in [-0.2, 0) is 73.1 Å². The van der Waals surface area contributed by atoms with Crippen LogP contribution in [0.15, 0.2) is 24.4 Å². The Morgan fingerprint density at radius 3 is 1.57 bits per heavy atom. The second kappa shape index (κ2) is 19.3. The van der Waals surface area contributed by atoms with Crippen molar-refractivity contribution >= 4 is 95.2 Å². The molecule has 22 nitrogen and oxygen atoms in total. The molecule has 3 saturated heterocycles. The van der Waals surface area contributed by atoms with Crippen LogP contribution >= 0.6 is 21.6 Å². The fourth-order valence-electron chi connectivity index (χ4n) is 4.81. The molecule has 0 aliphatic carbocycles. The lowest BCUT2D eigenvalue weighted by molar-refractivity contribution is -0.197. The number of carbonyl (C=O) groups excluding carboxylic acids is 8. The molecule has 0 aromatic heterocycles. The molecule has 0 aromatic rings. The maximum Gasteiger partial charge on any atom is 0.333 e. The predicted octanol–water partition coefficient (Wildman–Crippen LogP) is -0.108. The van der Waals surface area contributed by atoms with Gasteiger partial charge in [-0.2, -0.15) is 21.8 Å². The molecule has 3 N–H and O–H groups in total. The molecule has 3 atom stereocenters. The Bertz CT molecular complexity index is 1730. The number of rotatable bonds is 17. The Morgan fingerprint density at radius 1 is 0.704 bits per heavy atom. The number of carboxylic acids is 1. The number of amides is 6. The Labute approximate surface area is 314 Å². The highest BCUT2D eigenvalue weighted by atomic mass is 33.1. The van der Waals surface area contributed by atoms with Crippen LogP contribution in [0.4, 0.5) is 0 Å². The van der Waals surface area contributed by atoms with Gasteiger partial charge >= 0.3 is 17.9 Å². The van der Waals surface area contributed by atoms with E-state index < -0.39 is 85.1 Å². The molecule has 3 unspecified atom stereocenters. The molecule has 4 rings (SSSR count). The van der Waals surface area contributed by atoms with Crippen molar-refractivity contribution in [1.82, 2.24) is 20.1 Å². The van der Waals surface area contributed by atoms with E-state index in [0.29, 0.717) is 18.6 Å². The van der Waals surface area contributed by atoms with Crippen molar-refractivity contribution in [2.75, 3.05) is 5.75 Å². The van der Waals surface area contributed by atoms with Gasteiger partial charge in [-0.15, -0.1) is 10.1 Å². The second-order valence-electron chi connectivity index (χ2n) is 11.5. The molecule has 3 fully saturated rings. The zero-order chi connectivity index (χ0) is 40.4. The van der Waals surface area contributed by atoms with Crippen molar-refractivity contribution < 1.29 is 83.9 Å². The Balaban J connectivity index is 0.000000331. The lowest BCUT2D eigenvalue weighted by atomic mass is 10.1. The highest BCUT2D eigenvalue weighted by Crippen LogP contribution is 2.34. The number of hydrogen-bond acceptors (Lipinski definition) is 18. The van der Waals surface area contributed by atoms with Gasteiger partial charge in [-0.3, -0.25) is 47.7 Å². The van der Waals surface area contributed by atoms with E-state index in [-0.39, 0.29) is 72.3 Å². The third kappa shape index (κ3) is 12.3. The number of allylic oxidation sites excluding steroid dienone is 2. The summed E-state index contributed by atoms with van der Waals surface area (Å²) >= 11 is 0. The van der Waals surface area contributed by atoms with Crippen molar-refractivity contribution in [3.05, 3.63) is 24.4 Å². The van der Waals surface area contributed by atoms with E-state index in [0.717, 1.165) is 0 Å². The van der Waals surface area contributed by atoms with E-state index >= 15 is 0 Å². The van der Waals surface area contributed by atoms with E-state index in [4.69, 9.17) is 14.2 Å². The summed E-state index contributed by atoms with van der Waals surface area (Å²) in [5.74, 6) is -7.72. The average Bonchev–Trinajstić information content (AvgIpc) is 3.68. The molecule has 0 radical (unpaired) electrons. The van der Waals surface area contributed by atoms with E-state index in [1.54, 1.807) is 17.3 Å². The zero-order valence-corrected chi connectivity index (χ0v) is 31.2. The summed E-state index contributed by atoms with van der Waals surface area (Å²) < 4.78 is 61.9. The lowest BCUT2D eigenvalue weighted by Gasteiger charge is -2.34. The fourth-order valence-corrected chi connectivity index (χ4v) is 8.53. The minimum Gasteiger partial charge on any atom is -0.481 e. The van der Waals surface area contributed by atoms with Gasteiger partial charge in [0, 0.05) is 37.6 Å². The molecule has 54 heavy (non-hydrogen) atoms. The lowest BCUT2D eigenvalue weighted by Crippen LogP contribution is -2.47. The number of hydroxylamine groups is 4. The Kier molecular flexibility index (Phi) is 15.7. The zero-order valence-electron chi connectivity index (χ0n) is 27.9. The first-order valence-electron chi connectivity index (χ1n) is 15.8. The van der Waals surface area contributed by atoms with Gasteiger partial charge in [0.1, 0.15) is 5.37 Å². The summed E-state index contributed by atoms with van der Waals surface area (Å²) in [6.07, 6.45) is 6.65. The number of carboxylic acid groups (broad SMARTS) is 1. The summed E-state index contributed by atoms with van der Waals surface area (Å²) in [7, 11) is -6.81. The second-order valence-corrected chi connectivity index (χ2v) is 17.3. The van der Waals surface area contributed by atoms with Gasteiger partial charge in [-0.05, 0) is 25.0 Å². The van der Waals surface area contributed by atoms with Gasteiger partial charge < -0.3 is 14.8 Å². The van der Waals surface area contributed by atoms with Crippen LogP contribution < -0.4 is 0 Å². The third-order valence-corrected chi connectivity index (χ3v) is 12.2. The average molecular weight is 843 g/mol. The highest BCUT2D eigenvalue weighted by Gasteiger charge is 2.49. The first-order chi connectivity index (χ1) is 25.2. The summed E-state index contributed by atoms with van der Waals surface area (Å²) in [6, 6.07) is 0. The number of unbranched alkanes of at least 4 members (excludes halogenated alkanes) is 3. The van der Waals surface area contributed by atoms with E-state index in [1.807, 2.05) is 12.2 Å². The Morgan fingerprint density at radius 2 is 1.17 bits per heavy atom. The molecule has 4 aliphatic heterocycles. The minimum absolute atomic E-state index is 0.00962. The standard InChI is InChI=1S/C16H20N2O14S2.C12H14N2O4S2/c19-11-7-9(33(25,26)27)15(23)17(11)31-13(21)5-3-1-2-4-6-14(22)32-18-12(20)8-10(16(18)24)34(28,29)30;15-9-4-5-10(16)14(9)13-7-2-1-3-11(13)20-19-8-6-12(17)18/h9-10H,1-8H2,(H,25,26,27)(H,28,29,30);1-3,7,11H,4-6,8H2,(H,17,18). The largest absolute Gasteiger partial charge is 0.481 e. The van der Waals surface area contributed by atoms with Crippen molar-refractivity contribution in [1.29, 1.82) is 0 Å². The molecular formula is C28H34N4O18S4. The summed E-state index contributed by atoms with van der Waals surface area (Å²) in [4.78, 5) is 113. The van der Waals surface area contributed by atoms with Gasteiger partial charge in [0.05, 0.1) is 19.3 Å². The van der Waals surface area contributed by atoms with Crippen LogP contribution in [0, 0.1) is 0 Å². The van der Waals surface area contributed by atoms with Gasteiger partial charge in [0.15, 0.2) is 10.5 Å². The van der Waals surface area contributed by atoms with Gasteiger partial charge in [0.2, 0.25) is 11.8 Å². The van der Waals surface area contributed by atoms with Gasteiger partial charge in [-0.25, -0.2) is 9.59 Å². The predicted molar refractivity (Wildman–Crippen MR) is 181 cm³/mol. The SMILES string of the molecule is O=C(CCCCCCC(=O)ON1C(=O)CC(S(=O)(=O)O)C1=O)ON1C(=O)CC(S(=O)(=O)O)C1=O.O=C(O)CCSSC1C=CC=CN1N1C(=O)CCC1=O. The molecule has 6 amide bonds. The molecule has 0 aromatic carbocycles. The Hall–Kier alpha value is -4.37. The summed E-state index contributed by atoms with van der Waals surface area (Å²) in [5, 5.41) is 7.10. The fraction of sp³-hybridized carbons (Fsp3) is 0.536. The van der Waals surface area contributed by atoms with E-state index in [2.05, 4.69) is 9.68 Å². The van der Waals surface area contributed by atoms with Crippen LogP contribution in [0.3, 0.4) is 0 Å². The summed E-state index contributed by atoms with van der Waals surface area (Å²) in [5.41, 5.74) is 0. The third-order valence-electron chi connectivity index (χ3n) is 7.45. The number of hydrazine groups is 1. The number of carbonyl (C=O) groups is 9. The monoisotopic (exact) mass is 842 g/mol. The number of aliphatic carboxylic acids is 1. The van der Waals surface area contributed by atoms with Crippen molar-refractivity contribution in [2.45, 2.75) is 86.5 Å². The molecule has 4 heterocycles. The molecule has 26 heteroatoms. The number of nitrogens with zero attached hydrogens (tertiary/aromatic N) is 4. The molecule has 0 spiro atoms. The number of imide groups is 3. The topological polar surface area (TPSA) is 314 Å². The molecule has 0 bridgehead atoms. The minimum atomic E-state index is -4.83. The maximum atomic E-state index is 11.8. The first kappa shape index (κ1) is 44.0. The number of hydrogen-bond donors (Lipinski definition) is 3. The quantitative estimate of drug-likeness (QED) is 0.0744. The van der Waals surface area contributed by atoms with Crippen LogP contribution in [0.1, 0.15) is 70.6 Å². The smallest absolute Gasteiger partial charge is 0.333 e. The maximum absolute atomic E-state index is 11.8.